The maximum Gasteiger partial charge on any atom is 0.128 e. The van der Waals surface area contributed by atoms with Crippen molar-refractivity contribution < 1.29 is 0 Å². The van der Waals surface area contributed by atoms with E-state index in [0.29, 0.717) is 12.1 Å². The fraction of sp³-hybridized carbons (Fsp3) is 0.389. The number of anilines is 1. The first-order valence-corrected chi connectivity index (χ1v) is 8.98. The summed E-state index contributed by atoms with van der Waals surface area (Å²) in [5, 5.41) is 3.78. The molecule has 1 saturated heterocycles. The molecule has 0 bridgehead atoms. The number of piperidine rings is 1. The average molecular weight is 407 g/mol. The number of benzene rings is 1. The van der Waals surface area contributed by atoms with Gasteiger partial charge in [0.05, 0.1) is 0 Å². The van der Waals surface area contributed by atoms with E-state index in [-0.39, 0.29) is 0 Å². The van der Waals surface area contributed by atoms with Crippen molar-refractivity contribution in [3.8, 4) is 0 Å². The molecule has 1 aromatic heterocycles. The molecule has 1 aliphatic rings. The van der Waals surface area contributed by atoms with E-state index >= 15 is 0 Å². The lowest BCUT2D eigenvalue weighted by molar-refractivity contribution is 0.380. The normalized spacial score (nSPS) is 17.5. The Morgan fingerprint density at radius 2 is 1.86 bits per heavy atom. The summed E-state index contributed by atoms with van der Waals surface area (Å²) < 4.78 is 1.29. The third kappa shape index (κ3) is 3.98. The lowest BCUT2D eigenvalue weighted by atomic mass is 10.0. The Morgan fingerprint density at radius 3 is 2.50 bits per heavy atom. The van der Waals surface area contributed by atoms with Crippen LogP contribution < -0.4 is 10.2 Å². The van der Waals surface area contributed by atoms with Crippen LogP contribution in [0.2, 0.25) is 0 Å². The molecule has 0 spiro atoms. The molecule has 4 heteroatoms. The summed E-state index contributed by atoms with van der Waals surface area (Å²) in [7, 11) is 0. The summed E-state index contributed by atoms with van der Waals surface area (Å²) in [4.78, 5) is 6.83. The second-order valence-electron chi connectivity index (χ2n) is 5.89. The van der Waals surface area contributed by atoms with Crippen LogP contribution in [0.25, 0.3) is 0 Å². The lowest BCUT2D eigenvalue weighted by Crippen LogP contribution is -2.43. The molecular weight excluding hydrogens is 385 g/mol. The monoisotopic (exact) mass is 407 g/mol. The van der Waals surface area contributed by atoms with E-state index in [0.717, 1.165) is 18.9 Å². The number of aromatic nitrogens is 1. The smallest absolute Gasteiger partial charge is 0.128 e. The van der Waals surface area contributed by atoms with Crippen LogP contribution in [0.5, 0.6) is 0 Å². The van der Waals surface area contributed by atoms with Gasteiger partial charge in [0.2, 0.25) is 0 Å². The Balaban J connectivity index is 1.52. The number of rotatable bonds is 4. The molecule has 3 rings (SSSR count). The van der Waals surface area contributed by atoms with Crippen molar-refractivity contribution in [1.82, 2.24) is 10.3 Å². The van der Waals surface area contributed by atoms with Crippen molar-refractivity contribution in [1.29, 1.82) is 0 Å². The second kappa shape index (κ2) is 7.42. The quantitative estimate of drug-likeness (QED) is 0.777. The molecule has 0 amide bonds. The number of nitrogens with one attached hydrogen (secondary N) is 1. The highest BCUT2D eigenvalue weighted by Gasteiger charge is 2.21. The maximum atomic E-state index is 4.45. The molecule has 0 saturated carbocycles. The molecule has 2 heterocycles. The molecule has 1 atom stereocenters. The zero-order chi connectivity index (χ0) is 15.4. The molecule has 1 aliphatic heterocycles. The zero-order valence-electron chi connectivity index (χ0n) is 12.9. The molecular formula is C18H22IN3. The first-order chi connectivity index (χ1) is 10.7. The van der Waals surface area contributed by atoms with Crippen molar-refractivity contribution in [3.05, 3.63) is 57.8 Å². The molecule has 1 aromatic carbocycles. The predicted molar refractivity (Wildman–Crippen MR) is 100 cm³/mol. The number of nitrogens with zero attached hydrogens (tertiary/aromatic N) is 2. The molecule has 0 aliphatic carbocycles. The molecule has 1 fully saturated rings. The second-order valence-corrected chi connectivity index (χ2v) is 7.13. The summed E-state index contributed by atoms with van der Waals surface area (Å²) in [6.45, 7) is 4.41. The summed E-state index contributed by atoms with van der Waals surface area (Å²) in [5.41, 5.74) is 1.37. The predicted octanol–water partition coefficient (Wildman–Crippen LogP) is 4.01. The van der Waals surface area contributed by atoms with Crippen molar-refractivity contribution in [2.45, 2.75) is 31.8 Å². The van der Waals surface area contributed by atoms with Gasteiger partial charge in [-0.3, -0.25) is 0 Å². The minimum atomic E-state index is 0.406. The first-order valence-electron chi connectivity index (χ1n) is 7.90. The van der Waals surface area contributed by atoms with Gasteiger partial charge in [0.15, 0.2) is 0 Å². The highest BCUT2D eigenvalue weighted by atomic mass is 127. The van der Waals surface area contributed by atoms with Gasteiger partial charge in [0.25, 0.3) is 0 Å². The van der Waals surface area contributed by atoms with Gasteiger partial charge in [-0.1, -0.05) is 18.2 Å². The van der Waals surface area contributed by atoms with Gasteiger partial charge in [-0.25, -0.2) is 4.98 Å². The first kappa shape index (κ1) is 15.7. The van der Waals surface area contributed by atoms with Crippen LogP contribution in [-0.2, 0) is 0 Å². The Hall–Kier alpha value is -1.14. The SMILES string of the molecule is CC(NC1CCN(c2ccccn2)CC1)c1ccc(I)cc1. The van der Waals surface area contributed by atoms with E-state index in [9.17, 15) is 0 Å². The van der Waals surface area contributed by atoms with Crippen molar-refractivity contribution in [2.75, 3.05) is 18.0 Å². The van der Waals surface area contributed by atoms with Crippen LogP contribution in [0.3, 0.4) is 0 Å². The van der Waals surface area contributed by atoms with Crippen LogP contribution >= 0.6 is 22.6 Å². The van der Waals surface area contributed by atoms with Gasteiger partial charge in [0, 0.05) is 34.9 Å². The van der Waals surface area contributed by atoms with E-state index in [1.807, 2.05) is 12.3 Å². The largest absolute Gasteiger partial charge is 0.357 e. The number of hydrogen-bond acceptors (Lipinski definition) is 3. The van der Waals surface area contributed by atoms with E-state index in [2.05, 4.69) is 81.1 Å². The topological polar surface area (TPSA) is 28.2 Å². The highest BCUT2D eigenvalue weighted by molar-refractivity contribution is 14.1. The average Bonchev–Trinajstić information content (AvgIpc) is 2.57. The minimum Gasteiger partial charge on any atom is -0.357 e. The van der Waals surface area contributed by atoms with Crippen LogP contribution in [0, 0.1) is 3.57 Å². The van der Waals surface area contributed by atoms with Crippen molar-refractivity contribution in [2.24, 2.45) is 0 Å². The van der Waals surface area contributed by atoms with Gasteiger partial charge in [-0.2, -0.15) is 0 Å². The summed E-state index contributed by atoms with van der Waals surface area (Å²) in [6, 6.07) is 15.9. The molecule has 3 nitrogen and oxygen atoms in total. The number of pyridine rings is 1. The Morgan fingerprint density at radius 1 is 1.14 bits per heavy atom. The molecule has 22 heavy (non-hydrogen) atoms. The van der Waals surface area contributed by atoms with E-state index in [1.54, 1.807) is 0 Å². The molecule has 0 radical (unpaired) electrons. The molecule has 1 N–H and O–H groups in total. The molecule has 1 unspecified atom stereocenters. The molecule has 2 aromatic rings. The third-order valence-electron chi connectivity index (χ3n) is 4.32. The Kier molecular flexibility index (Phi) is 5.31. The zero-order valence-corrected chi connectivity index (χ0v) is 15.0. The highest BCUT2D eigenvalue weighted by Crippen LogP contribution is 2.21. The van der Waals surface area contributed by atoms with E-state index < -0.39 is 0 Å². The third-order valence-corrected chi connectivity index (χ3v) is 5.04. The van der Waals surface area contributed by atoms with E-state index in [4.69, 9.17) is 0 Å². The standard InChI is InChI=1S/C18H22IN3/c1-14(15-5-7-16(19)8-6-15)21-17-9-12-22(13-10-17)18-4-2-3-11-20-18/h2-8,11,14,17,21H,9-10,12-13H2,1H3. The fourth-order valence-electron chi connectivity index (χ4n) is 3.02. The lowest BCUT2D eigenvalue weighted by Gasteiger charge is -2.34. The maximum absolute atomic E-state index is 4.45. The summed E-state index contributed by atoms with van der Waals surface area (Å²) in [5.74, 6) is 1.10. The van der Waals surface area contributed by atoms with Crippen LogP contribution in [0.15, 0.2) is 48.7 Å². The van der Waals surface area contributed by atoms with Gasteiger partial charge >= 0.3 is 0 Å². The van der Waals surface area contributed by atoms with Crippen LogP contribution in [0.1, 0.15) is 31.4 Å². The Labute approximate surface area is 146 Å². The van der Waals surface area contributed by atoms with Crippen LogP contribution in [0.4, 0.5) is 5.82 Å². The van der Waals surface area contributed by atoms with Gasteiger partial charge in [-0.05, 0) is 72.2 Å². The van der Waals surface area contributed by atoms with Crippen LogP contribution in [-0.4, -0.2) is 24.1 Å². The fourth-order valence-corrected chi connectivity index (χ4v) is 3.38. The number of halogens is 1. The van der Waals surface area contributed by atoms with Gasteiger partial charge in [0.1, 0.15) is 5.82 Å². The number of hydrogen-bond donors (Lipinski definition) is 1. The minimum absolute atomic E-state index is 0.406. The molecule has 116 valence electrons. The van der Waals surface area contributed by atoms with Crippen molar-refractivity contribution in [3.63, 3.8) is 0 Å². The summed E-state index contributed by atoms with van der Waals surface area (Å²) in [6.07, 6.45) is 4.22. The van der Waals surface area contributed by atoms with Gasteiger partial charge in [-0.15, -0.1) is 0 Å². The summed E-state index contributed by atoms with van der Waals surface area (Å²) >= 11 is 2.35. The van der Waals surface area contributed by atoms with Gasteiger partial charge < -0.3 is 10.2 Å². The van der Waals surface area contributed by atoms with Crippen molar-refractivity contribution >= 4 is 28.4 Å². The van der Waals surface area contributed by atoms with E-state index in [1.165, 1.54) is 22.0 Å². The Bertz CT molecular complexity index is 577.